The van der Waals surface area contributed by atoms with Crippen molar-refractivity contribution in [1.29, 1.82) is 0 Å². The van der Waals surface area contributed by atoms with Crippen LogP contribution in [0.15, 0.2) is 48.8 Å². The van der Waals surface area contributed by atoms with Crippen molar-refractivity contribution in [3.8, 4) is 11.5 Å². The Kier molecular flexibility index (Phi) is 15.1. The van der Waals surface area contributed by atoms with Gasteiger partial charge in [0.1, 0.15) is 49.3 Å². The lowest BCUT2D eigenvalue weighted by atomic mass is 10.2. The topological polar surface area (TPSA) is 303 Å². The third-order valence-electron chi connectivity index (χ3n) is 7.18. The van der Waals surface area contributed by atoms with Gasteiger partial charge in [0, 0.05) is 0 Å². The molecular formula is C33H42N10O12. The molecule has 4 aromatic rings. The summed E-state index contributed by atoms with van der Waals surface area (Å²) in [6, 6.07) is 9.46. The smallest absolute Gasteiger partial charge is 0.434 e. The van der Waals surface area contributed by atoms with Crippen LogP contribution in [-0.4, -0.2) is 75.8 Å². The molecule has 3 amide bonds. The molecule has 0 saturated heterocycles. The summed E-state index contributed by atoms with van der Waals surface area (Å²) in [5, 5.41) is 47.8. The molecule has 0 fully saturated rings. The first-order chi connectivity index (χ1) is 26.0. The molecule has 0 aliphatic carbocycles. The number of nitrogens with zero attached hydrogens (tertiary/aromatic N) is 6. The lowest BCUT2D eigenvalue weighted by Crippen LogP contribution is -2.37. The van der Waals surface area contributed by atoms with Gasteiger partial charge in [-0.15, -0.1) is 0 Å². The highest BCUT2D eigenvalue weighted by molar-refractivity contribution is 5.95. The molecule has 22 heteroatoms. The SMILES string of the molecule is Cn1c(COc2ccc(CO)cc2NC(=O)CN)cnc1[N+](=O)[O-].Cn1c(COc2ccc(CO)cc2NC(=O)CNC(=O)OC(C)(C)C)cnc1[N+](=O)[O-]. The Labute approximate surface area is 313 Å². The molecule has 0 bridgehead atoms. The van der Waals surface area contributed by atoms with Crippen molar-refractivity contribution in [2.24, 2.45) is 19.8 Å². The van der Waals surface area contributed by atoms with Crippen LogP contribution in [0.25, 0.3) is 0 Å². The first-order valence-electron chi connectivity index (χ1n) is 16.3. The first-order valence-corrected chi connectivity index (χ1v) is 16.3. The monoisotopic (exact) mass is 770 g/mol. The quantitative estimate of drug-likeness (QED) is 0.0745. The Morgan fingerprint density at radius 3 is 1.60 bits per heavy atom. The first kappa shape index (κ1) is 42.8. The molecule has 0 aliphatic heterocycles. The molecule has 0 aliphatic rings. The second-order valence-electron chi connectivity index (χ2n) is 12.4. The maximum Gasteiger partial charge on any atom is 0.434 e. The van der Waals surface area contributed by atoms with Gasteiger partial charge in [0.15, 0.2) is 11.4 Å². The predicted molar refractivity (Wildman–Crippen MR) is 194 cm³/mol. The van der Waals surface area contributed by atoms with Gasteiger partial charge in [-0.3, -0.25) is 9.59 Å². The van der Waals surface area contributed by atoms with Crippen molar-refractivity contribution in [2.45, 2.75) is 52.8 Å². The number of nitrogens with two attached hydrogens (primary N) is 1. The van der Waals surface area contributed by atoms with Crippen LogP contribution in [0.4, 0.5) is 28.1 Å². The number of carbonyl (C=O) groups is 3. The number of hydrogen-bond donors (Lipinski definition) is 6. The third kappa shape index (κ3) is 12.8. The second kappa shape index (κ2) is 19.4. The van der Waals surface area contributed by atoms with E-state index in [-0.39, 0.29) is 62.9 Å². The highest BCUT2D eigenvalue weighted by atomic mass is 16.6. The van der Waals surface area contributed by atoms with Crippen molar-refractivity contribution in [2.75, 3.05) is 23.7 Å². The molecule has 0 atom stereocenters. The fourth-order valence-electron chi connectivity index (χ4n) is 4.44. The number of rotatable bonds is 15. The number of ether oxygens (including phenoxy) is 3. The van der Waals surface area contributed by atoms with E-state index in [1.807, 2.05) is 0 Å². The molecule has 296 valence electrons. The van der Waals surface area contributed by atoms with Crippen LogP contribution < -0.4 is 31.2 Å². The summed E-state index contributed by atoms with van der Waals surface area (Å²) < 4.78 is 19.0. The summed E-state index contributed by atoms with van der Waals surface area (Å²) in [6.07, 6.45) is 1.93. The fraction of sp³-hybridized carbons (Fsp3) is 0.364. The lowest BCUT2D eigenvalue weighted by molar-refractivity contribution is -0.396. The van der Waals surface area contributed by atoms with Gasteiger partial charge in [-0.2, -0.15) is 0 Å². The number of amides is 3. The van der Waals surface area contributed by atoms with E-state index in [2.05, 4.69) is 25.9 Å². The van der Waals surface area contributed by atoms with E-state index in [4.69, 9.17) is 19.9 Å². The molecule has 0 radical (unpaired) electrons. The van der Waals surface area contributed by atoms with Gasteiger partial charge in [-0.05, 0) is 66.0 Å². The Bertz CT molecular complexity index is 2000. The minimum Gasteiger partial charge on any atom is -0.484 e. The standard InChI is InChI=1S/C19H25N5O7.C14H17N5O5/c1-19(2,3)31-18(27)21-9-16(26)22-14-7-12(10-25)5-6-15(14)30-11-13-8-20-17(23(13)4)24(28)29;1-18-10(6-16-14(18)19(22)23)8-24-12-3-2-9(7-20)4-11(12)17-13(21)5-15/h5-8,25H,9-11H2,1-4H3,(H,21,27)(H,22,26);2-4,6,20H,5,7-8,15H2,1H3,(H,17,21). The molecule has 22 nitrogen and oxygen atoms in total. The van der Waals surface area contributed by atoms with Gasteiger partial charge in [-0.25, -0.2) is 13.9 Å². The van der Waals surface area contributed by atoms with Crippen LogP contribution in [0.5, 0.6) is 11.5 Å². The van der Waals surface area contributed by atoms with Crippen LogP contribution in [0.1, 0.15) is 43.3 Å². The van der Waals surface area contributed by atoms with Gasteiger partial charge < -0.3 is 66.3 Å². The van der Waals surface area contributed by atoms with Crippen molar-refractivity contribution in [1.82, 2.24) is 24.4 Å². The molecule has 0 saturated carbocycles. The van der Waals surface area contributed by atoms with Crippen LogP contribution in [0, 0.1) is 20.2 Å². The number of benzene rings is 2. The molecular weight excluding hydrogens is 728 g/mol. The summed E-state index contributed by atoms with van der Waals surface area (Å²) in [7, 11) is 3.00. The van der Waals surface area contributed by atoms with E-state index in [1.165, 1.54) is 41.7 Å². The summed E-state index contributed by atoms with van der Waals surface area (Å²) in [4.78, 5) is 63.4. The van der Waals surface area contributed by atoms with E-state index in [0.717, 1.165) is 0 Å². The van der Waals surface area contributed by atoms with Crippen molar-refractivity contribution < 1.29 is 48.7 Å². The maximum atomic E-state index is 12.3. The summed E-state index contributed by atoms with van der Waals surface area (Å²) in [6.45, 7) is 4.08. The van der Waals surface area contributed by atoms with E-state index < -0.39 is 33.4 Å². The minimum absolute atomic E-state index is 0.0152. The van der Waals surface area contributed by atoms with Crippen LogP contribution in [0.2, 0.25) is 0 Å². The number of aliphatic hydroxyl groups is 2. The fourth-order valence-corrected chi connectivity index (χ4v) is 4.44. The maximum absolute atomic E-state index is 12.3. The van der Waals surface area contributed by atoms with E-state index in [0.29, 0.717) is 34.0 Å². The summed E-state index contributed by atoms with van der Waals surface area (Å²) >= 11 is 0. The molecule has 0 unspecified atom stereocenters. The number of imidazole rings is 2. The highest BCUT2D eigenvalue weighted by Gasteiger charge is 2.21. The number of aliphatic hydroxyl groups excluding tert-OH is 2. The summed E-state index contributed by atoms with van der Waals surface area (Å²) in [5.41, 5.74) is 7.25. The van der Waals surface area contributed by atoms with E-state index >= 15 is 0 Å². The number of carbonyl (C=O) groups excluding carboxylic acids is 3. The zero-order valence-electron chi connectivity index (χ0n) is 30.6. The zero-order valence-corrected chi connectivity index (χ0v) is 30.6. The number of hydrogen-bond acceptors (Lipinski definition) is 15. The average Bonchev–Trinajstić information content (AvgIpc) is 3.70. The number of alkyl carbamates (subject to hydrolysis) is 1. The van der Waals surface area contributed by atoms with Crippen LogP contribution in [0.3, 0.4) is 0 Å². The van der Waals surface area contributed by atoms with Gasteiger partial charge in [0.05, 0.1) is 45.2 Å². The number of nitrogens with one attached hydrogen (secondary N) is 3. The van der Waals surface area contributed by atoms with Crippen molar-refractivity contribution in [3.05, 3.63) is 91.5 Å². The van der Waals surface area contributed by atoms with Gasteiger partial charge in [-0.1, -0.05) is 22.1 Å². The Morgan fingerprint density at radius 1 is 0.800 bits per heavy atom. The Balaban J connectivity index is 0.000000305. The lowest BCUT2D eigenvalue weighted by Gasteiger charge is -2.19. The molecule has 2 heterocycles. The van der Waals surface area contributed by atoms with Crippen molar-refractivity contribution >= 4 is 41.2 Å². The summed E-state index contributed by atoms with van der Waals surface area (Å²) in [5.74, 6) is -0.950. The van der Waals surface area contributed by atoms with E-state index in [1.54, 1.807) is 51.1 Å². The molecule has 7 N–H and O–H groups in total. The molecule has 55 heavy (non-hydrogen) atoms. The average molecular weight is 771 g/mol. The Morgan fingerprint density at radius 2 is 1.24 bits per heavy atom. The molecule has 0 spiro atoms. The van der Waals surface area contributed by atoms with Gasteiger partial charge in [0.25, 0.3) is 0 Å². The normalized spacial score (nSPS) is 10.8. The Hall–Kier alpha value is -6.65. The predicted octanol–water partition coefficient (Wildman–Crippen LogP) is 2.16. The van der Waals surface area contributed by atoms with Gasteiger partial charge in [0.2, 0.25) is 11.8 Å². The molecule has 2 aromatic carbocycles. The number of anilines is 2. The van der Waals surface area contributed by atoms with Crippen LogP contribution in [-0.2, 0) is 54.8 Å². The minimum atomic E-state index is -0.735. The zero-order chi connectivity index (χ0) is 40.9. The molecule has 2 aromatic heterocycles. The van der Waals surface area contributed by atoms with Crippen molar-refractivity contribution in [3.63, 3.8) is 0 Å². The molecule has 4 rings (SSSR count). The third-order valence-corrected chi connectivity index (χ3v) is 7.18. The van der Waals surface area contributed by atoms with Gasteiger partial charge >= 0.3 is 18.0 Å². The van der Waals surface area contributed by atoms with Crippen LogP contribution >= 0.6 is 0 Å². The highest BCUT2D eigenvalue weighted by Crippen LogP contribution is 2.28. The largest absolute Gasteiger partial charge is 0.484 e. The number of nitro groups is 2. The van der Waals surface area contributed by atoms with E-state index in [9.17, 15) is 44.8 Å². The second-order valence-corrected chi connectivity index (χ2v) is 12.4. The number of aromatic nitrogens is 4.